The summed E-state index contributed by atoms with van der Waals surface area (Å²) in [5.74, 6) is 2.88. The Morgan fingerprint density at radius 2 is 1.91 bits per heavy atom. The van der Waals surface area contributed by atoms with E-state index in [2.05, 4.69) is 36.2 Å². The van der Waals surface area contributed by atoms with Crippen LogP contribution in [0.1, 0.15) is 41.2 Å². The lowest BCUT2D eigenvalue weighted by molar-refractivity contribution is 0.307. The highest BCUT2D eigenvalue weighted by molar-refractivity contribution is 8.00. The average Bonchev–Trinajstić information content (AvgIpc) is 3.19. The Morgan fingerprint density at radius 3 is 2.73 bits per heavy atom. The van der Waals surface area contributed by atoms with Gasteiger partial charge in [0.05, 0.1) is 5.03 Å². The number of hydrogen-bond donors (Lipinski definition) is 1. The van der Waals surface area contributed by atoms with E-state index in [9.17, 15) is 4.79 Å². The fourth-order valence-electron chi connectivity index (χ4n) is 5.00. The van der Waals surface area contributed by atoms with Crippen LogP contribution in [-0.2, 0) is 0 Å². The van der Waals surface area contributed by atoms with Gasteiger partial charge in [0.1, 0.15) is 0 Å². The molecule has 2 aliphatic carbocycles. The number of fused-ring (bicyclic) bond motifs is 6. The summed E-state index contributed by atoms with van der Waals surface area (Å²) in [7, 11) is 0. The molecular formula is C18H19NOS2. The zero-order valence-corrected chi connectivity index (χ0v) is 14.2. The number of nitrogens with one attached hydrogen (secondary N) is 1. The Bertz CT molecular complexity index is 775. The number of thioether (sulfide) groups is 1. The molecule has 1 aromatic carbocycles. The third-order valence-electron chi connectivity index (χ3n) is 5.90. The quantitative estimate of drug-likeness (QED) is 0.841. The lowest BCUT2D eigenvalue weighted by Gasteiger charge is -2.40. The van der Waals surface area contributed by atoms with E-state index in [-0.39, 0.29) is 4.87 Å². The molecular weight excluding hydrogens is 310 g/mol. The fourth-order valence-corrected chi connectivity index (χ4v) is 7.89. The molecule has 0 amide bonds. The van der Waals surface area contributed by atoms with Gasteiger partial charge in [0.2, 0.25) is 0 Å². The minimum absolute atomic E-state index is 0.113. The van der Waals surface area contributed by atoms with Gasteiger partial charge in [-0.2, -0.15) is 0 Å². The second kappa shape index (κ2) is 4.75. The van der Waals surface area contributed by atoms with Crippen molar-refractivity contribution in [1.29, 1.82) is 0 Å². The van der Waals surface area contributed by atoms with Gasteiger partial charge in [-0.25, -0.2) is 0 Å². The van der Waals surface area contributed by atoms with Crippen LogP contribution in [0.25, 0.3) is 0 Å². The molecule has 5 atom stereocenters. The van der Waals surface area contributed by atoms with Gasteiger partial charge in [-0.05, 0) is 49.5 Å². The summed E-state index contributed by atoms with van der Waals surface area (Å²) in [5, 5.41) is 1.87. The molecule has 2 fully saturated rings. The van der Waals surface area contributed by atoms with Crippen LogP contribution >= 0.6 is 23.1 Å². The summed E-state index contributed by atoms with van der Waals surface area (Å²) in [6.45, 7) is 2.14. The number of H-pyrrole nitrogens is 1. The van der Waals surface area contributed by atoms with Crippen LogP contribution in [0.2, 0.25) is 0 Å². The number of hydrogen-bond acceptors (Lipinski definition) is 3. The van der Waals surface area contributed by atoms with Gasteiger partial charge in [-0.15, -0.1) is 11.8 Å². The fraction of sp³-hybridized carbons (Fsp3) is 0.500. The summed E-state index contributed by atoms with van der Waals surface area (Å²) in [5.41, 5.74) is 2.71. The number of aromatic nitrogens is 1. The number of thiazole rings is 1. The van der Waals surface area contributed by atoms with Crippen molar-refractivity contribution in [2.75, 3.05) is 0 Å². The Hall–Kier alpha value is -1.000. The highest BCUT2D eigenvalue weighted by Gasteiger charge is 2.54. The monoisotopic (exact) mass is 329 g/mol. The zero-order valence-electron chi connectivity index (χ0n) is 12.5. The minimum atomic E-state index is 0.113. The lowest BCUT2D eigenvalue weighted by atomic mass is 9.75. The highest BCUT2D eigenvalue weighted by atomic mass is 32.2. The third kappa shape index (κ3) is 1.83. The van der Waals surface area contributed by atoms with Crippen LogP contribution in [-0.4, -0.2) is 10.2 Å². The molecule has 1 aromatic heterocycles. The second-order valence-corrected chi connectivity index (χ2v) is 9.29. The van der Waals surface area contributed by atoms with Crippen LogP contribution in [0, 0.1) is 24.7 Å². The summed E-state index contributed by atoms with van der Waals surface area (Å²) >= 11 is 3.41. The van der Waals surface area contributed by atoms with Crippen molar-refractivity contribution < 1.29 is 0 Å². The highest BCUT2D eigenvalue weighted by Crippen LogP contribution is 2.63. The van der Waals surface area contributed by atoms with Gasteiger partial charge in [-0.1, -0.05) is 41.2 Å². The molecule has 5 rings (SSSR count). The van der Waals surface area contributed by atoms with Gasteiger partial charge in [0, 0.05) is 16.0 Å². The third-order valence-corrected chi connectivity index (χ3v) is 8.53. The van der Waals surface area contributed by atoms with Gasteiger partial charge in [0.25, 0.3) is 0 Å². The van der Waals surface area contributed by atoms with E-state index in [1.165, 1.54) is 46.6 Å². The molecule has 0 saturated heterocycles. The Labute approximate surface area is 138 Å². The maximum absolute atomic E-state index is 11.9. The summed E-state index contributed by atoms with van der Waals surface area (Å²) < 4.78 is 0. The van der Waals surface area contributed by atoms with Gasteiger partial charge >= 0.3 is 4.87 Å². The first kappa shape index (κ1) is 13.4. The topological polar surface area (TPSA) is 32.9 Å². The van der Waals surface area contributed by atoms with Crippen molar-refractivity contribution >= 4 is 23.1 Å². The van der Waals surface area contributed by atoms with Crippen LogP contribution in [0.5, 0.6) is 0 Å². The Balaban J connectivity index is 1.68. The molecule has 0 unspecified atom stereocenters. The molecule has 2 saturated carbocycles. The van der Waals surface area contributed by atoms with E-state index in [0.717, 1.165) is 22.8 Å². The average molecular weight is 329 g/mol. The smallest absolute Gasteiger partial charge is 0.305 e. The van der Waals surface area contributed by atoms with Crippen molar-refractivity contribution in [3.63, 3.8) is 0 Å². The molecule has 2 heterocycles. The molecule has 1 aliphatic heterocycles. The Morgan fingerprint density at radius 1 is 1.14 bits per heavy atom. The van der Waals surface area contributed by atoms with E-state index < -0.39 is 0 Å². The van der Waals surface area contributed by atoms with Crippen molar-refractivity contribution in [1.82, 2.24) is 4.98 Å². The summed E-state index contributed by atoms with van der Waals surface area (Å²) in [6, 6.07) is 9.00. The summed E-state index contributed by atoms with van der Waals surface area (Å²) in [6.07, 6.45) is 4.19. The summed E-state index contributed by atoms with van der Waals surface area (Å²) in [4.78, 5) is 16.5. The first-order chi connectivity index (χ1) is 10.7. The van der Waals surface area contributed by atoms with E-state index in [1.54, 1.807) is 0 Å². The molecule has 2 nitrogen and oxygen atoms in total. The van der Waals surface area contributed by atoms with E-state index in [4.69, 9.17) is 0 Å². The van der Waals surface area contributed by atoms with Crippen LogP contribution < -0.4 is 4.87 Å². The molecule has 1 N–H and O–H groups in total. The maximum atomic E-state index is 11.9. The largest absolute Gasteiger partial charge is 0.307 e. The molecule has 4 heteroatoms. The van der Waals surface area contributed by atoms with Gasteiger partial charge < -0.3 is 4.98 Å². The SMILES string of the molecule is Cc1ccc([C@@H]2c3sc(=O)[nH]c3S[C@@H]3[C@H]4CC[C@@H](C4)[C@@H]23)cc1. The first-order valence-corrected chi connectivity index (χ1v) is 9.86. The number of benzene rings is 1. The molecule has 2 aromatic rings. The van der Waals surface area contributed by atoms with Crippen molar-refractivity contribution in [2.24, 2.45) is 17.8 Å². The number of aromatic amines is 1. The van der Waals surface area contributed by atoms with Crippen molar-refractivity contribution in [3.8, 4) is 0 Å². The number of rotatable bonds is 1. The molecule has 114 valence electrons. The predicted octanol–water partition coefficient (Wildman–Crippen LogP) is 4.40. The Kier molecular flexibility index (Phi) is 2.90. The van der Waals surface area contributed by atoms with E-state index >= 15 is 0 Å². The van der Waals surface area contributed by atoms with Gasteiger partial charge in [-0.3, -0.25) is 4.79 Å². The second-order valence-electron chi connectivity index (χ2n) is 7.09. The van der Waals surface area contributed by atoms with Crippen molar-refractivity contribution in [3.05, 3.63) is 49.9 Å². The molecule has 2 bridgehead atoms. The molecule has 3 aliphatic rings. The van der Waals surface area contributed by atoms with E-state index in [1.807, 2.05) is 11.8 Å². The molecule has 22 heavy (non-hydrogen) atoms. The number of aryl methyl sites for hydroxylation is 1. The van der Waals surface area contributed by atoms with Crippen LogP contribution in [0.4, 0.5) is 0 Å². The minimum Gasteiger partial charge on any atom is -0.307 e. The lowest BCUT2D eigenvalue weighted by Crippen LogP contribution is -2.33. The molecule has 0 radical (unpaired) electrons. The van der Waals surface area contributed by atoms with Crippen LogP contribution in [0.3, 0.4) is 0 Å². The molecule has 0 spiro atoms. The van der Waals surface area contributed by atoms with Crippen LogP contribution in [0.15, 0.2) is 34.1 Å². The van der Waals surface area contributed by atoms with Crippen molar-refractivity contribution in [2.45, 2.75) is 42.4 Å². The maximum Gasteiger partial charge on any atom is 0.305 e. The standard InChI is InChI=1S/C18H19NOS2/c1-9-2-4-10(5-3-9)13-14-11-6-7-12(8-11)15(14)21-17-16(13)22-18(20)19-17/h2-5,11-15H,6-8H2,1H3,(H,19,20)/t11-,12-,13-,14-,15+/m0/s1. The zero-order chi connectivity index (χ0) is 14.8. The normalized spacial score (nSPS) is 35.4. The first-order valence-electron chi connectivity index (χ1n) is 8.17. The van der Waals surface area contributed by atoms with E-state index in [0.29, 0.717) is 11.2 Å². The predicted molar refractivity (Wildman–Crippen MR) is 91.9 cm³/mol. The van der Waals surface area contributed by atoms with Gasteiger partial charge in [0.15, 0.2) is 0 Å².